The van der Waals surface area contributed by atoms with Gasteiger partial charge in [-0.1, -0.05) is 13.3 Å². The van der Waals surface area contributed by atoms with Crippen molar-refractivity contribution in [3.63, 3.8) is 0 Å². The number of likely N-dealkylation sites (tertiary alicyclic amines) is 2. The Bertz CT molecular complexity index is 316. The minimum absolute atomic E-state index is 0.160. The average molecular weight is 266 g/mol. The number of carbonyl (C=O) groups excluding carboxylic acids is 2. The van der Waals surface area contributed by atoms with Crippen LogP contribution >= 0.6 is 0 Å². The lowest BCUT2D eigenvalue weighted by Gasteiger charge is -2.33. The largest absolute Gasteiger partial charge is 0.343 e. The minimum atomic E-state index is 0.160. The topological polar surface area (TPSA) is 40.6 Å². The molecule has 0 aromatic carbocycles. The Kier molecular flexibility index (Phi) is 5.23. The zero-order valence-corrected chi connectivity index (χ0v) is 12.1. The van der Waals surface area contributed by atoms with Crippen molar-refractivity contribution in [2.75, 3.05) is 26.2 Å². The highest BCUT2D eigenvalue weighted by atomic mass is 16.2. The molecule has 108 valence electrons. The maximum absolute atomic E-state index is 12.3. The highest BCUT2D eigenvalue weighted by Crippen LogP contribution is 2.22. The number of rotatable bonds is 4. The molecule has 0 aromatic rings. The van der Waals surface area contributed by atoms with Gasteiger partial charge in [0.05, 0.1) is 0 Å². The minimum Gasteiger partial charge on any atom is -0.343 e. The van der Waals surface area contributed by atoms with E-state index in [9.17, 15) is 9.59 Å². The SMILES string of the molecule is CCCCC(=O)N1CCC(C(=O)N2CCCC2)CC1. The van der Waals surface area contributed by atoms with E-state index in [2.05, 4.69) is 6.92 Å². The molecule has 2 aliphatic heterocycles. The first-order valence-electron chi connectivity index (χ1n) is 7.79. The van der Waals surface area contributed by atoms with Crippen LogP contribution in [0.1, 0.15) is 51.9 Å². The lowest BCUT2D eigenvalue weighted by atomic mass is 9.95. The number of unbranched alkanes of at least 4 members (excludes halogenated alkanes) is 1. The Labute approximate surface area is 116 Å². The molecular weight excluding hydrogens is 240 g/mol. The second kappa shape index (κ2) is 6.92. The first-order valence-corrected chi connectivity index (χ1v) is 7.79. The fraction of sp³-hybridized carbons (Fsp3) is 0.867. The van der Waals surface area contributed by atoms with Crippen molar-refractivity contribution in [2.45, 2.75) is 51.9 Å². The monoisotopic (exact) mass is 266 g/mol. The zero-order chi connectivity index (χ0) is 13.7. The Balaban J connectivity index is 1.75. The fourth-order valence-electron chi connectivity index (χ4n) is 3.06. The van der Waals surface area contributed by atoms with Crippen LogP contribution in [-0.4, -0.2) is 47.8 Å². The molecule has 4 heteroatoms. The molecule has 0 radical (unpaired) electrons. The summed E-state index contributed by atoms with van der Waals surface area (Å²) in [4.78, 5) is 28.2. The highest BCUT2D eigenvalue weighted by molar-refractivity contribution is 5.80. The summed E-state index contributed by atoms with van der Waals surface area (Å²) in [7, 11) is 0. The van der Waals surface area contributed by atoms with Crippen molar-refractivity contribution in [1.82, 2.24) is 9.80 Å². The molecule has 4 nitrogen and oxygen atoms in total. The average Bonchev–Trinajstić information content (AvgIpc) is 2.98. The smallest absolute Gasteiger partial charge is 0.225 e. The van der Waals surface area contributed by atoms with Crippen LogP contribution in [-0.2, 0) is 9.59 Å². The second-order valence-corrected chi connectivity index (χ2v) is 5.79. The van der Waals surface area contributed by atoms with Crippen molar-refractivity contribution < 1.29 is 9.59 Å². The quantitative estimate of drug-likeness (QED) is 0.781. The lowest BCUT2D eigenvalue weighted by Crippen LogP contribution is -2.43. The van der Waals surface area contributed by atoms with Crippen LogP contribution in [0.25, 0.3) is 0 Å². The van der Waals surface area contributed by atoms with Gasteiger partial charge in [0.1, 0.15) is 0 Å². The second-order valence-electron chi connectivity index (χ2n) is 5.79. The lowest BCUT2D eigenvalue weighted by molar-refractivity contribution is -0.140. The molecule has 0 spiro atoms. The van der Waals surface area contributed by atoms with E-state index in [1.54, 1.807) is 0 Å². The summed E-state index contributed by atoms with van der Waals surface area (Å²) in [6, 6.07) is 0. The van der Waals surface area contributed by atoms with E-state index >= 15 is 0 Å². The summed E-state index contributed by atoms with van der Waals surface area (Å²) < 4.78 is 0. The van der Waals surface area contributed by atoms with Gasteiger partial charge in [-0.2, -0.15) is 0 Å². The Morgan fingerprint density at radius 3 is 2.21 bits per heavy atom. The third kappa shape index (κ3) is 3.71. The molecule has 2 fully saturated rings. The predicted octanol–water partition coefficient (Wildman–Crippen LogP) is 2.04. The molecule has 2 rings (SSSR count). The summed E-state index contributed by atoms with van der Waals surface area (Å²) in [5.41, 5.74) is 0. The van der Waals surface area contributed by atoms with Gasteiger partial charge in [-0.05, 0) is 32.1 Å². The van der Waals surface area contributed by atoms with Crippen molar-refractivity contribution in [2.24, 2.45) is 5.92 Å². The van der Waals surface area contributed by atoms with E-state index in [1.807, 2.05) is 9.80 Å². The van der Waals surface area contributed by atoms with E-state index in [0.29, 0.717) is 12.3 Å². The molecule has 2 amide bonds. The standard InChI is InChI=1S/C15H26N2O2/c1-2-3-6-14(18)16-11-7-13(8-12-16)15(19)17-9-4-5-10-17/h13H,2-12H2,1H3. The van der Waals surface area contributed by atoms with E-state index in [-0.39, 0.29) is 11.8 Å². The molecule has 2 aliphatic rings. The molecule has 0 atom stereocenters. The fourth-order valence-corrected chi connectivity index (χ4v) is 3.06. The summed E-state index contributed by atoms with van der Waals surface area (Å²) >= 11 is 0. The van der Waals surface area contributed by atoms with Crippen molar-refractivity contribution in [3.8, 4) is 0 Å². The molecule has 0 N–H and O–H groups in total. The zero-order valence-electron chi connectivity index (χ0n) is 12.1. The van der Waals surface area contributed by atoms with Gasteiger partial charge >= 0.3 is 0 Å². The van der Waals surface area contributed by atoms with Gasteiger partial charge in [0, 0.05) is 38.5 Å². The third-order valence-corrected chi connectivity index (χ3v) is 4.36. The number of amides is 2. The summed E-state index contributed by atoms with van der Waals surface area (Å²) in [6.07, 6.45) is 6.73. The number of nitrogens with zero attached hydrogens (tertiary/aromatic N) is 2. The number of hydrogen-bond donors (Lipinski definition) is 0. The predicted molar refractivity (Wildman–Crippen MR) is 74.6 cm³/mol. The van der Waals surface area contributed by atoms with Crippen LogP contribution in [0.4, 0.5) is 0 Å². The van der Waals surface area contributed by atoms with E-state index in [0.717, 1.165) is 64.7 Å². The van der Waals surface area contributed by atoms with E-state index < -0.39 is 0 Å². The molecular formula is C15H26N2O2. The molecule has 0 bridgehead atoms. The van der Waals surface area contributed by atoms with Crippen molar-refractivity contribution >= 4 is 11.8 Å². The third-order valence-electron chi connectivity index (χ3n) is 4.36. The van der Waals surface area contributed by atoms with Crippen LogP contribution in [0.15, 0.2) is 0 Å². The molecule has 0 saturated carbocycles. The van der Waals surface area contributed by atoms with Gasteiger partial charge in [-0.15, -0.1) is 0 Å². The van der Waals surface area contributed by atoms with Crippen LogP contribution in [0, 0.1) is 5.92 Å². The van der Waals surface area contributed by atoms with Gasteiger partial charge < -0.3 is 9.80 Å². The molecule has 19 heavy (non-hydrogen) atoms. The van der Waals surface area contributed by atoms with Gasteiger partial charge in [0.25, 0.3) is 0 Å². The number of carbonyl (C=O) groups is 2. The maximum atomic E-state index is 12.3. The summed E-state index contributed by atoms with van der Waals surface area (Å²) in [5.74, 6) is 0.764. The molecule has 0 aromatic heterocycles. The normalized spacial score (nSPS) is 20.9. The van der Waals surface area contributed by atoms with Crippen LogP contribution in [0.5, 0.6) is 0 Å². The highest BCUT2D eigenvalue weighted by Gasteiger charge is 2.30. The van der Waals surface area contributed by atoms with Gasteiger partial charge in [0.2, 0.25) is 11.8 Å². The summed E-state index contributed by atoms with van der Waals surface area (Å²) in [6.45, 7) is 5.52. The van der Waals surface area contributed by atoms with Gasteiger partial charge in [-0.3, -0.25) is 9.59 Å². The Morgan fingerprint density at radius 1 is 1.00 bits per heavy atom. The first kappa shape index (κ1) is 14.4. The van der Waals surface area contributed by atoms with Crippen LogP contribution < -0.4 is 0 Å². The Morgan fingerprint density at radius 2 is 1.63 bits per heavy atom. The van der Waals surface area contributed by atoms with Crippen molar-refractivity contribution in [1.29, 1.82) is 0 Å². The van der Waals surface area contributed by atoms with E-state index in [1.165, 1.54) is 0 Å². The first-order chi connectivity index (χ1) is 9.22. The summed E-state index contributed by atoms with van der Waals surface area (Å²) in [5, 5.41) is 0. The molecule has 2 heterocycles. The molecule has 0 unspecified atom stereocenters. The molecule has 0 aliphatic carbocycles. The van der Waals surface area contributed by atoms with Crippen LogP contribution in [0.2, 0.25) is 0 Å². The number of piperidine rings is 1. The number of hydrogen-bond acceptors (Lipinski definition) is 2. The Hall–Kier alpha value is -1.06. The van der Waals surface area contributed by atoms with Crippen molar-refractivity contribution in [3.05, 3.63) is 0 Å². The maximum Gasteiger partial charge on any atom is 0.225 e. The molecule has 2 saturated heterocycles. The van der Waals surface area contributed by atoms with Gasteiger partial charge in [-0.25, -0.2) is 0 Å². The van der Waals surface area contributed by atoms with Gasteiger partial charge in [0.15, 0.2) is 0 Å². The van der Waals surface area contributed by atoms with E-state index in [4.69, 9.17) is 0 Å². The van der Waals surface area contributed by atoms with Crippen LogP contribution in [0.3, 0.4) is 0 Å².